The van der Waals surface area contributed by atoms with Crippen molar-refractivity contribution in [2.24, 2.45) is 5.41 Å². The van der Waals surface area contributed by atoms with E-state index in [4.69, 9.17) is 4.74 Å². The van der Waals surface area contributed by atoms with Gasteiger partial charge in [0.15, 0.2) is 8.07 Å². The van der Waals surface area contributed by atoms with Crippen molar-refractivity contribution >= 4 is 24.7 Å². The predicted octanol–water partition coefficient (Wildman–Crippen LogP) is 3.95. The number of esters is 1. The Morgan fingerprint density at radius 3 is 2.07 bits per heavy atom. The van der Waals surface area contributed by atoms with Gasteiger partial charge >= 0.3 is 5.97 Å². The van der Waals surface area contributed by atoms with Crippen molar-refractivity contribution in [1.29, 1.82) is 0 Å². The molecule has 1 heterocycles. The van der Waals surface area contributed by atoms with Gasteiger partial charge in [-0.05, 0) is 50.1 Å². The highest BCUT2D eigenvalue weighted by Crippen LogP contribution is 2.35. The minimum Gasteiger partial charge on any atom is -0.426 e. The molecule has 6 heteroatoms. The van der Waals surface area contributed by atoms with Crippen LogP contribution in [0.25, 0.3) is 0 Å². The summed E-state index contributed by atoms with van der Waals surface area (Å²) in [4.78, 5) is 21.6. The van der Waals surface area contributed by atoms with E-state index in [9.17, 15) is 4.79 Å². The molecule has 2 rings (SSSR count). The van der Waals surface area contributed by atoms with E-state index in [-0.39, 0.29) is 22.6 Å². The molecule has 0 atom stereocenters. The summed E-state index contributed by atoms with van der Waals surface area (Å²) >= 11 is 0. The number of rotatable bonds is 5. The molecule has 0 amide bonds. The topological polar surface area (TPSA) is 52.1 Å². The normalized spacial score (nSPS) is 12.5. The summed E-state index contributed by atoms with van der Waals surface area (Å²) in [6.07, 6.45) is 3.38. The first-order valence-corrected chi connectivity index (χ1v) is 11.5. The van der Waals surface area contributed by atoms with Gasteiger partial charge in [0, 0.05) is 17.6 Å². The minimum atomic E-state index is -2.79. The maximum Gasteiger partial charge on any atom is 0.316 e. The van der Waals surface area contributed by atoms with Crippen molar-refractivity contribution in [3.63, 3.8) is 0 Å². The standard InChI is InChI=1S/C21H29FN2O2Si/c1-14(2)27(15(3)4,20-23-12-9-13-24-20)18-16(22)10-8-11-17(18)26-19(25)21(5,6)7/h8-15H,1-7H3. The summed E-state index contributed by atoms with van der Waals surface area (Å²) in [6.45, 7) is 13.6. The fourth-order valence-corrected chi connectivity index (χ4v) is 8.97. The fourth-order valence-electron chi connectivity index (χ4n) is 3.63. The van der Waals surface area contributed by atoms with E-state index < -0.39 is 19.5 Å². The molecule has 0 fully saturated rings. The smallest absolute Gasteiger partial charge is 0.316 e. The maximum absolute atomic E-state index is 15.3. The first-order chi connectivity index (χ1) is 12.5. The Bertz CT molecular complexity index is 794. The number of carbonyl (C=O) groups excluding carboxylic acids is 1. The van der Waals surface area contributed by atoms with E-state index in [2.05, 4.69) is 37.7 Å². The van der Waals surface area contributed by atoms with Crippen LogP contribution in [0.2, 0.25) is 11.1 Å². The van der Waals surface area contributed by atoms with Crippen LogP contribution < -0.4 is 15.4 Å². The lowest BCUT2D eigenvalue weighted by Crippen LogP contribution is -2.66. The molecular weight excluding hydrogens is 359 g/mol. The third-order valence-corrected chi connectivity index (χ3v) is 10.9. The molecule has 0 spiro atoms. The summed E-state index contributed by atoms with van der Waals surface area (Å²) in [6, 6.07) is 6.44. The van der Waals surface area contributed by atoms with Gasteiger partial charge in [-0.2, -0.15) is 0 Å². The van der Waals surface area contributed by atoms with Gasteiger partial charge in [0.2, 0.25) is 0 Å². The molecule has 0 bridgehead atoms. The minimum absolute atomic E-state index is 0.101. The van der Waals surface area contributed by atoms with Crippen molar-refractivity contribution in [1.82, 2.24) is 9.97 Å². The lowest BCUT2D eigenvalue weighted by Gasteiger charge is -2.39. The van der Waals surface area contributed by atoms with Gasteiger partial charge in [-0.25, -0.2) is 14.4 Å². The van der Waals surface area contributed by atoms with Crippen molar-refractivity contribution in [2.75, 3.05) is 0 Å². The monoisotopic (exact) mass is 388 g/mol. The summed E-state index contributed by atoms with van der Waals surface area (Å²) < 4.78 is 21.0. The Hall–Kier alpha value is -2.08. The molecule has 0 radical (unpaired) electrons. The molecule has 0 saturated heterocycles. The van der Waals surface area contributed by atoms with Gasteiger partial charge < -0.3 is 4.74 Å². The highest BCUT2D eigenvalue weighted by atomic mass is 28.3. The second-order valence-corrected chi connectivity index (χ2v) is 13.5. The third-order valence-electron chi connectivity index (χ3n) is 4.96. The molecule has 4 nitrogen and oxygen atoms in total. The molecule has 1 aromatic carbocycles. The molecule has 1 aromatic heterocycles. The van der Waals surface area contributed by atoms with Gasteiger partial charge in [-0.3, -0.25) is 4.79 Å². The van der Waals surface area contributed by atoms with E-state index in [0.717, 1.165) is 0 Å². The zero-order valence-electron chi connectivity index (χ0n) is 17.2. The summed E-state index contributed by atoms with van der Waals surface area (Å²) in [5.74, 6) is -0.467. The number of aromatic nitrogens is 2. The Labute approximate surface area is 162 Å². The van der Waals surface area contributed by atoms with Crippen LogP contribution in [-0.4, -0.2) is 24.0 Å². The zero-order valence-corrected chi connectivity index (χ0v) is 18.2. The maximum atomic E-state index is 15.3. The lowest BCUT2D eigenvalue weighted by molar-refractivity contribution is -0.142. The molecule has 0 saturated carbocycles. The van der Waals surface area contributed by atoms with Crippen molar-refractivity contribution in [2.45, 2.75) is 59.5 Å². The zero-order chi connectivity index (χ0) is 20.4. The van der Waals surface area contributed by atoms with Crippen LogP contribution in [0.5, 0.6) is 5.75 Å². The van der Waals surface area contributed by atoms with E-state index in [1.165, 1.54) is 6.07 Å². The van der Waals surface area contributed by atoms with Crippen LogP contribution in [0.3, 0.4) is 0 Å². The molecule has 0 N–H and O–H groups in total. The molecule has 27 heavy (non-hydrogen) atoms. The van der Waals surface area contributed by atoms with Crippen LogP contribution in [0, 0.1) is 11.2 Å². The van der Waals surface area contributed by atoms with Crippen LogP contribution in [0.15, 0.2) is 36.7 Å². The van der Waals surface area contributed by atoms with E-state index in [1.807, 2.05) is 0 Å². The van der Waals surface area contributed by atoms with Crippen molar-refractivity contribution in [3.05, 3.63) is 42.5 Å². The molecule has 0 aliphatic rings. The average molecular weight is 389 g/mol. The number of carbonyl (C=O) groups is 1. The number of ether oxygens (including phenoxy) is 1. The summed E-state index contributed by atoms with van der Waals surface area (Å²) in [7, 11) is -2.79. The highest BCUT2D eigenvalue weighted by Gasteiger charge is 2.50. The summed E-state index contributed by atoms with van der Waals surface area (Å²) in [5, 5.41) is 0.471. The average Bonchev–Trinajstić information content (AvgIpc) is 2.57. The second kappa shape index (κ2) is 7.88. The van der Waals surface area contributed by atoms with Crippen LogP contribution in [-0.2, 0) is 4.79 Å². The van der Waals surface area contributed by atoms with Crippen LogP contribution in [0.1, 0.15) is 48.5 Å². The number of nitrogens with zero attached hydrogens (tertiary/aromatic N) is 2. The van der Waals surface area contributed by atoms with E-state index in [1.54, 1.807) is 51.4 Å². The Balaban J connectivity index is 2.79. The fraction of sp³-hybridized carbons (Fsp3) is 0.476. The third kappa shape index (κ3) is 3.95. The molecule has 0 aliphatic heterocycles. The number of halogens is 1. The van der Waals surface area contributed by atoms with E-state index in [0.29, 0.717) is 10.6 Å². The predicted molar refractivity (Wildman–Crippen MR) is 109 cm³/mol. The second-order valence-electron chi connectivity index (χ2n) is 8.50. The first-order valence-electron chi connectivity index (χ1n) is 9.31. The Morgan fingerprint density at radius 1 is 1.04 bits per heavy atom. The highest BCUT2D eigenvalue weighted by molar-refractivity contribution is 7.03. The number of benzene rings is 1. The molecule has 2 aromatic rings. The number of hydrogen-bond donors (Lipinski definition) is 0. The summed E-state index contributed by atoms with van der Waals surface area (Å²) in [5.41, 5.74) is 0.174. The van der Waals surface area contributed by atoms with Gasteiger partial charge in [0.25, 0.3) is 0 Å². The Morgan fingerprint density at radius 2 is 1.59 bits per heavy atom. The van der Waals surface area contributed by atoms with Gasteiger partial charge in [0.1, 0.15) is 17.0 Å². The van der Waals surface area contributed by atoms with Crippen LogP contribution >= 0.6 is 0 Å². The van der Waals surface area contributed by atoms with Crippen molar-refractivity contribution in [3.8, 4) is 5.75 Å². The first kappa shape index (κ1) is 21.2. The van der Waals surface area contributed by atoms with E-state index >= 15 is 4.39 Å². The quantitative estimate of drug-likeness (QED) is 0.442. The lowest BCUT2D eigenvalue weighted by atomic mass is 9.97. The van der Waals surface area contributed by atoms with Crippen LogP contribution in [0.4, 0.5) is 4.39 Å². The van der Waals surface area contributed by atoms with Gasteiger partial charge in [-0.1, -0.05) is 33.8 Å². The Kier molecular flexibility index (Phi) is 6.20. The molecule has 0 unspecified atom stereocenters. The molecular formula is C21H29FN2O2Si. The van der Waals surface area contributed by atoms with Gasteiger partial charge in [-0.15, -0.1) is 0 Å². The van der Waals surface area contributed by atoms with Gasteiger partial charge in [0.05, 0.1) is 5.41 Å². The molecule has 0 aliphatic carbocycles. The molecule has 146 valence electrons. The largest absolute Gasteiger partial charge is 0.426 e. The number of hydrogen-bond acceptors (Lipinski definition) is 4. The van der Waals surface area contributed by atoms with Crippen molar-refractivity contribution < 1.29 is 13.9 Å². The SMILES string of the molecule is CC(C)[Si](c1ncccn1)(c1c(F)cccc1OC(=O)C(C)(C)C)C(C)C.